The zero-order valence-electron chi connectivity index (χ0n) is 8.46. The van der Waals surface area contributed by atoms with Crippen LogP contribution in [-0.4, -0.2) is 11.0 Å². The van der Waals surface area contributed by atoms with Crippen molar-refractivity contribution in [3.8, 4) is 0 Å². The Morgan fingerprint density at radius 1 is 1.36 bits per heavy atom. The van der Waals surface area contributed by atoms with Crippen molar-refractivity contribution in [1.82, 2.24) is 4.98 Å². The van der Waals surface area contributed by atoms with Gasteiger partial charge in [0.05, 0.1) is 0 Å². The van der Waals surface area contributed by atoms with E-state index in [1.807, 2.05) is 13.1 Å². The number of nitrogens with two attached hydrogens (primary N) is 1. The van der Waals surface area contributed by atoms with Crippen LogP contribution in [0.5, 0.6) is 0 Å². The first-order valence-electron chi connectivity index (χ1n) is 5.07. The van der Waals surface area contributed by atoms with Crippen LogP contribution in [0.1, 0.15) is 18.9 Å². The van der Waals surface area contributed by atoms with Crippen LogP contribution >= 0.6 is 0 Å². The van der Waals surface area contributed by atoms with E-state index < -0.39 is 0 Å². The lowest BCUT2D eigenvalue weighted by Gasteiger charge is -2.04. The van der Waals surface area contributed by atoms with Crippen LogP contribution in [0, 0.1) is 0 Å². The topological polar surface area (TPSA) is 41.8 Å². The van der Waals surface area contributed by atoms with E-state index in [-0.39, 0.29) is 6.04 Å². The summed E-state index contributed by atoms with van der Waals surface area (Å²) in [7, 11) is 0. The fraction of sp³-hybridized carbons (Fsp3) is 0.333. The highest BCUT2D eigenvalue weighted by Gasteiger charge is 1.99. The molecule has 1 aromatic carbocycles. The van der Waals surface area contributed by atoms with Gasteiger partial charge in [-0.3, -0.25) is 0 Å². The standard InChI is InChI=1S/C12H16N2/c1-9(13)2-3-10-4-5-11-6-7-14-12(11)8-10/h4-9,14H,2-3,13H2,1H3. The third-order valence-electron chi connectivity index (χ3n) is 2.51. The first kappa shape index (κ1) is 9.28. The van der Waals surface area contributed by atoms with Crippen LogP contribution in [-0.2, 0) is 6.42 Å². The Balaban J connectivity index is 2.17. The predicted octanol–water partition coefficient (Wildman–Crippen LogP) is 2.45. The van der Waals surface area contributed by atoms with Gasteiger partial charge in [0, 0.05) is 17.8 Å². The Kier molecular flexibility index (Phi) is 2.55. The molecule has 0 bridgehead atoms. The summed E-state index contributed by atoms with van der Waals surface area (Å²) in [6.45, 7) is 2.05. The number of fused-ring (bicyclic) bond motifs is 1. The smallest absolute Gasteiger partial charge is 0.0456 e. The Hall–Kier alpha value is -1.28. The van der Waals surface area contributed by atoms with Crippen molar-refractivity contribution in [2.75, 3.05) is 0 Å². The van der Waals surface area contributed by atoms with E-state index in [2.05, 4.69) is 29.2 Å². The second-order valence-electron chi connectivity index (χ2n) is 3.92. The molecule has 0 aliphatic rings. The van der Waals surface area contributed by atoms with Gasteiger partial charge in [0.25, 0.3) is 0 Å². The Morgan fingerprint density at radius 2 is 2.21 bits per heavy atom. The molecule has 1 unspecified atom stereocenters. The average molecular weight is 188 g/mol. The molecule has 0 spiro atoms. The third-order valence-corrected chi connectivity index (χ3v) is 2.51. The molecule has 2 rings (SSSR count). The third kappa shape index (κ3) is 1.96. The van der Waals surface area contributed by atoms with Gasteiger partial charge in [0.15, 0.2) is 0 Å². The fourth-order valence-electron chi connectivity index (χ4n) is 1.64. The SMILES string of the molecule is CC(N)CCc1ccc2cc[nH]c2c1. The summed E-state index contributed by atoms with van der Waals surface area (Å²) in [4.78, 5) is 3.22. The minimum absolute atomic E-state index is 0.286. The quantitative estimate of drug-likeness (QED) is 0.763. The molecule has 0 aliphatic carbocycles. The molecular weight excluding hydrogens is 172 g/mol. The Bertz CT molecular complexity index is 415. The number of aryl methyl sites for hydroxylation is 1. The van der Waals surface area contributed by atoms with Gasteiger partial charge in [-0.15, -0.1) is 0 Å². The highest BCUT2D eigenvalue weighted by atomic mass is 14.7. The number of aromatic nitrogens is 1. The summed E-state index contributed by atoms with van der Waals surface area (Å²) in [5.74, 6) is 0. The maximum atomic E-state index is 5.73. The van der Waals surface area contributed by atoms with Gasteiger partial charge < -0.3 is 10.7 Å². The second-order valence-corrected chi connectivity index (χ2v) is 3.92. The van der Waals surface area contributed by atoms with Crippen LogP contribution in [0.25, 0.3) is 10.9 Å². The highest BCUT2D eigenvalue weighted by Crippen LogP contribution is 2.15. The lowest BCUT2D eigenvalue weighted by molar-refractivity contribution is 0.666. The zero-order valence-corrected chi connectivity index (χ0v) is 8.46. The molecule has 74 valence electrons. The van der Waals surface area contributed by atoms with Crippen LogP contribution in [0.15, 0.2) is 30.5 Å². The number of nitrogens with one attached hydrogen (secondary N) is 1. The van der Waals surface area contributed by atoms with Gasteiger partial charge in [-0.25, -0.2) is 0 Å². The van der Waals surface area contributed by atoms with Gasteiger partial charge in [-0.05, 0) is 42.8 Å². The summed E-state index contributed by atoms with van der Waals surface area (Å²) in [5.41, 5.74) is 8.30. The first-order chi connectivity index (χ1) is 6.75. The number of hydrogen-bond acceptors (Lipinski definition) is 1. The molecule has 2 aromatic rings. The largest absolute Gasteiger partial charge is 0.361 e. The number of H-pyrrole nitrogens is 1. The lowest BCUT2D eigenvalue weighted by Crippen LogP contribution is -2.15. The van der Waals surface area contributed by atoms with Crippen molar-refractivity contribution < 1.29 is 0 Å². The van der Waals surface area contributed by atoms with Gasteiger partial charge in [-0.2, -0.15) is 0 Å². The van der Waals surface area contributed by atoms with Crippen molar-refractivity contribution in [2.45, 2.75) is 25.8 Å². The summed E-state index contributed by atoms with van der Waals surface area (Å²) in [6.07, 6.45) is 4.08. The second kappa shape index (κ2) is 3.84. The van der Waals surface area contributed by atoms with Gasteiger partial charge >= 0.3 is 0 Å². The Morgan fingerprint density at radius 3 is 3.00 bits per heavy atom. The molecule has 0 aliphatic heterocycles. The minimum atomic E-state index is 0.286. The van der Waals surface area contributed by atoms with Gasteiger partial charge in [0.1, 0.15) is 0 Å². The predicted molar refractivity (Wildman–Crippen MR) is 60.3 cm³/mol. The van der Waals surface area contributed by atoms with Crippen LogP contribution in [0.3, 0.4) is 0 Å². The number of aromatic amines is 1. The van der Waals surface area contributed by atoms with E-state index in [9.17, 15) is 0 Å². The zero-order chi connectivity index (χ0) is 9.97. The molecule has 1 aromatic heterocycles. The van der Waals surface area contributed by atoms with Crippen LogP contribution < -0.4 is 5.73 Å². The fourth-order valence-corrected chi connectivity index (χ4v) is 1.64. The Labute approximate surface area is 84.1 Å². The van der Waals surface area contributed by atoms with E-state index in [1.54, 1.807) is 0 Å². The molecule has 0 fully saturated rings. The maximum Gasteiger partial charge on any atom is 0.0456 e. The molecule has 0 amide bonds. The van der Waals surface area contributed by atoms with E-state index in [0.29, 0.717) is 0 Å². The molecule has 1 atom stereocenters. The molecule has 0 saturated carbocycles. The molecule has 0 radical (unpaired) electrons. The molecule has 3 N–H and O–H groups in total. The van der Waals surface area contributed by atoms with Gasteiger partial charge in [-0.1, -0.05) is 12.1 Å². The molecule has 1 heterocycles. The number of rotatable bonds is 3. The van der Waals surface area contributed by atoms with Crippen molar-refractivity contribution in [1.29, 1.82) is 0 Å². The molecule has 2 heteroatoms. The lowest BCUT2D eigenvalue weighted by atomic mass is 10.1. The monoisotopic (exact) mass is 188 g/mol. The molecular formula is C12H16N2. The summed E-state index contributed by atoms with van der Waals surface area (Å²) >= 11 is 0. The normalized spacial score (nSPS) is 13.3. The summed E-state index contributed by atoms with van der Waals surface area (Å²) < 4.78 is 0. The number of hydrogen-bond donors (Lipinski definition) is 2. The van der Waals surface area contributed by atoms with E-state index in [1.165, 1.54) is 16.5 Å². The maximum absolute atomic E-state index is 5.73. The van der Waals surface area contributed by atoms with Crippen molar-refractivity contribution in [2.24, 2.45) is 5.73 Å². The van der Waals surface area contributed by atoms with Crippen molar-refractivity contribution >= 4 is 10.9 Å². The van der Waals surface area contributed by atoms with E-state index in [0.717, 1.165) is 12.8 Å². The van der Waals surface area contributed by atoms with Crippen molar-refractivity contribution in [3.05, 3.63) is 36.0 Å². The summed E-state index contributed by atoms with van der Waals surface area (Å²) in [5, 5.41) is 1.27. The van der Waals surface area contributed by atoms with E-state index >= 15 is 0 Å². The molecule has 2 nitrogen and oxygen atoms in total. The van der Waals surface area contributed by atoms with Crippen LogP contribution in [0.2, 0.25) is 0 Å². The number of benzene rings is 1. The minimum Gasteiger partial charge on any atom is -0.361 e. The van der Waals surface area contributed by atoms with E-state index in [4.69, 9.17) is 5.73 Å². The molecule has 14 heavy (non-hydrogen) atoms. The van der Waals surface area contributed by atoms with Crippen molar-refractivity contribution in [3.63, 3.8) is 0 Å². The average Bonchev–Trinajstić information content (AvgIpc) is 2.61. The highest BCUT2D eigenvalue weighted by molar-refractivity contribution is 5.79. The summed E-state index contributed by atoms with van der Waals surface area (Å²) in [6, 6.07) is 8.91. The van der Waals surface area contributed by atoms with Crippen LogP contribution in [0.4, 0.5) is 0 Å². The van der Waals surface area contributed by atoms with Gasteiger partial charge in [0.2, 0.25) is 0 Å². The first-order valence-corrected chi connectivity index (χ1v) is 5.07. The molecule has 0 saturated heterocycles.